The molecule has 1 heterocycles. The van der Waals surface area contributed by atoms with Crippen LogP contribution in [-0.2, 0) is 21.8 Å². The quantitative estimate of drug-likeness (QED) is 0.582. The Kier molecular flexibility index (Phi) is 5.57. The van der Waals surface area contributed by atoms with Crippen LogP contribution >= 0.6 is 15.9 Å². The molecule has 0 aliphatic heterocycles. The second-order valence-electron chi connectivity index (χ2n) is 3.44. The molecule has 8 heteroatoms. The molecule has 1 aromatic rings. The first-order valence-electron chi connectivity index (χ1n) is 5.10. The van der Waals surface area contributed by atoms with Crippen molar-refractivity contribution in [3.05, 3.63) is 12.0 Å². The first-order valence-corrected chi connectivity index (χ1v) is 7.71. The molecule has 0 saturated carbocycles. The molecule has 17 heavy (non-hydrogen) atoms. The molecule has 0 aromatic carbocycles. The number of aryl methyl sites for hydroxylation is 2. The Hall–Kier alpha value is -0.440. The molecular formula is C9H16BrN3O3S. The van der Waals surface area contributed by atoms with Crippen molar-refractivity contribution in [3.63, 3.8) is 0 Å². The Morgan fingerprint density at radius 3 is 2.76 bits per heavy atom. The topological polar surface area (TPSA) is 73.2 Å². The molecule has 1 N–H and O–H groups in total. The summed E-state index contributed by atoms with van der Waals surface area (Å²) in [5.74, 6) is 0.654. The van der Waals surface area contributed by atoms with E-state index in [0.717, 1.165) is 5.33 Å². The second kappa shape index (κ2) is 6.48. The Bertz CT molecular complexity index is 439. The average Bonchev–Trinajstić information content (AvgIpc) is 2.60. The van der Waals surface area contributed by atoms with Gasteiger partial charge < -0.3 is 9.30 Å². The Morgan fingerprint density at radius 2 is 2.24 bits per heavy atom. The monoisotopic (exact) mass is 325 g/mol. The lowest BCUT2D eigenvalue weighted by Gasteiger charge is -2.04. The van der Waals surface area contributed by atoms with Crippen molar-refractivity contribution in [2.24, 2.45) is 7.05 Å². The van der Waals surface area contributed by atoms with Crippen LogP contribution in [0.25, 0.3) is 0 Å². The van der Waals surface area contributed by atoms with Gasteiger partial charge in [-0.15, -0.1) is 0 Å². The summed E-state index contributed by atoms with van der Waals surface area (Å²) in [7, 11) is -1.77. The summed E-state index contributed by atoms with van der Waals surface area (Å²) in [5, 5.41) is 0.775. The van der Waals surface area contributed by atoms with Crippen molar-refractivity contribution in [1.82, 2.24) is 14.3 Å². The number of nitrogens with one attached hydrogen (secondary N) is 1. The van der Waals surface area contributed by atoms with E-state index in [0.29, 0.717) is 19.0 Å². The van der Waals surface area contributed by atoms with Gasteiger partial charge in [0.25, 0.3) is 10.0 Å². The number of ether oxygens (including phenoxy) is 1. The van der Waals surface area contributed by atoms with Crippen molar-refractivity contribution in [3.8, 4) is 0 Å². The molecule has 0 spiro atoms. The number of hydrogen-bond donors (Lipinski definition) is 1. The standard InChI is InChI=1S/C9H16BrN3O3S/c1-8-12-9(7-13(8)2)17(14,15)11-4-6-16-5-3-10/h7,11H,3-6H2,1-2H3. The Balaban J connectivity index is 2.51. The maximum absolute atomic E-state index is 11.8. The number of sulfonamides is 1. The zero-order chi connectivity index (χ0) is 12.9. The van der Waals surface area contributed by atoms with Gasteiger partial charge in [0.15, 0.2) is 5.03 Å². The number of halogens is 1. The first-order chi connectivity index (χ1) is 7.97. The second-order valence-corrected chi connectivity index (χ2v) is 5.94. The molecule has 0 saturated heterocycles. The number of nitrogens with zero attached hydrogens (tertiary/aromatic N) is 2. The lowest BCUT2D eigenvalue weighted by molar-refractivity contribution is 0.156. The van der Waals surface area contributed by atoms with Crippen LogP contribution < -0.4 is 4.72 Å². The molecule has 1 rings (SSSR count). The molecule has 0 aliphatic carbocycles. The molecule has 1 aromatic heterocycles. The minimum absolute atomic E-state index is 0.0398. The van der Waals surface area contributed by atoms with Gasteiger partial charge in [-0.05, 0) is 6.92 Å². The van der Waals surface area contributed by atoms with E-state index in [9.17, 15) is 8.42 Å². The van der Waals surface area contributed by atoms with E-state index in [4.69, 9.17) is 4.74 Å². The molecule has 0 unspecified atom stereocenters. The van der Waals surface area contributed by atoms with Crippen LogP contribution in [0.2, 0.25) is 0 Å². The molecule has 0 aliphatic rings. The molecular weight excluding hydrogens is 310 g/mol. The summed E-state index contributed by atoms with van der Waals surface area (Å²) in [6.45, 7) is 2.89. The van der Waals surface area contributed by atoms with E-state index >= 15 is 0 Å². The molecule has 0 atom stereocenters. The third-order valence-corrected chi connectivity index (χ3v) is 3.78. The van der Waals surface area contributed by atoms with Gasteiger partial charge in [-0.25, -0.2) is 18.1 Å². The van der Waals surface area contributed by atoms with E-state index in [1.165, 1.54) is 6.20 Å². The van der Waals surface area contributed by atoms with Crippen LogP contribution in [0.15, 0.2) is 11.2 Å². The minimum atomic E-state index is -3.52. The van der Waals surface area contributed by atoms with Crippen LogP contribution in [0.5, 0.6) is 0 Å². The third-order valence-electron chi connectivity index (χ3n) is 2.12. The summed E-state index contributed by atoms with van der Waals surface area (Å²) in [5.41, 5.74) is 0. The van der Waals surface area contributed by atoms with Gasteiger partial charge >= 0.3 is 0 Å². The molecule has 98 valence electrons. The van der Waals surface area contributed by atoms with Crippen LogP contribution in [0.1, 0.15) is 5.82 Å². The molecule has 6 nitrogen and oxygen atoms in total. The van der Waals surface area contributed by atoms with Crippen LogP contribution in [0.3, 0.4) is 0 Å². The van der Waals surface area contributed by atoms with Gasteiger partial charge in [-0.3, -0.25) is 0 Å². The van der Waals surface area contributed by atoms with Gasteiger partial charge in [0, 0.05) is 25.1 Å². The predicted molar refractivity (Wildman–Crippen MR) is 67.7 cm³/mol. The fraction of sp³-hybridized carbons (Fsp3) is 0.667. The normalized spacial score (nSPS) is 11.9. The predicted octanol–water partition coefficient (Wildman–Crippen LogP) is 0.418. The van der Waals surface area contributed by atoms with E-state index in [1.54, 1.807) is 18.5 Å². The van der Waals surface area contributed by atoms with Crippen LogP contribution in [0.4, 0.5) is 0 Å². The maximum atomic E-state index is 11.8. The van der Waals surface area contributed by atoms with Gasteiger partial charge in [0.2, 0.25) is 0 Å². The van der Waals surface area contributed by atoms with Crippen molar-refractivity contribution in [1.29, 1.82) is 0 Å². The molecule has 0 amide bonds. The van der Waals surface area contributed by atoms with Crippen LogP contribution in [-0.4, -0.2) is 43.1 Å². The van der Waals surface area contributed by atoms with E-state index < -0.39 is 10.0 Å². The largest absolute Gasteiger partial charge is 0.379 e. The number of alkyl halides is 1. The Labute approximate surface area is 110 Å². The summed E-state index contributed by atoms with van der Waals surface area (Å²) in [6.07, 6.45) is 1.48. The SMILES string of the molecule is Cc1nc(S(=O)(=O)NCCOCCBr)cn1C. The number of aromatic nitrogens is 2. The highest BCUT2D eigenvalue weighted by Crippen LogP contribution is 2.06. The molecule has 0 fully saturated rings. The summed E-state index contributed by atoms with van der Waals surface area (Å²) >= 11 is 3.21. The van der Waals surface area contributed by atoms with Crippen molar-refractivity contribution in [2.75, 3.05) is 25.1 Å². The Morgan fingerprint density at radius 1 is 1.53 bits per heavy atom. The fourth-order valence-electron chi connectivity index (χ4n) is 1.13. The summed E-state index contributed by atoms with van der Waals surface area (Å²) < 4.78 is 32.8. The first kappa shape index (κ1) is 14.6. The zero-order valence-electron chi connectivity index (χ0n) is 9.81. The molecule has 0 radical (unpaired) electrons. The van der Waals surface area contributed by atoms with Crippen molar-refractivity contribution < 1.29 is 13.2 Å². The fourth-order valence-corrected chi connectivity index (χ4v) is 2.41. The lowest BCUT2D eigenvalue weighted by Crippen LogP contribution is -2.28. The van der Waals surface area contributed by atoms with Crippen LogP contribution in [0, 0.1) is 6.92 Å². The van der Waals surface area contributed by atoms with E-state index in [-0.39, 0.29) is 11.6 Å². The van der Waals surface area contributed by atoms with E-state index in [2.05, 4.69) is 25.6 Å². The lowest BCUT2D eigenvalue weighted by atomic mass is 10.7. The van der Waals surface area contributed by atoms with Crippen molar-refractivity contribution >= 4 is 26.0 Å². The summed E-state index contributed by atoms with van der Waals surface area (Å²) in [6, 6.07) is 0. The zero-order valence-corrected chi connectivity index (χ0v) is 12.2. The highest BCUT2D eigenvalue weighted by Gasteiger charge is 2.17. The molecule has 0 bridgehead atoms. The maximum Gasteiger partial charge on any atom is 0.259 e. The van der Waals surface area contributed by atoms with E-state index in [1.807, 2.05) is 0 Å². The number of hydrogen-bond acceptors (Lipinski definition) is 4. The minimum Gasteiger partial charge on any atom is -0.379 e. The average molecular weight is 326 g/mol. The number of imidazole rings is 1. The van der Waals surface area contributed by atoms with Gasteiger partial charge in [-0.2, -0.15) is 0 Å². The van der Waals surface area contributed by atoms with Gasteiger partial charge in [0.1, 0.15) is 5.82 Å². The van der Waals surface area contributed by atoms with Gasteiger partial charge in [0.05, 0.1) is 13.2 Å². The smallest absolute Gasteiger partial charge is 0.259 e. The third kappa shape index (κ3) is 4.38. The van der Waals surface area contributed by atoms with Gasteiger partial charge in [-0.1, -0.05) is 15.9 Å². The summed E-state index contributed by atoms with van der Waals surface area (Å²) in [4.78, 5) is 3.96. The highest BCUT2D eigenvalue weighted by atomic mass is 79.9. The highest BCUT2D eigenvalue weighted by molar-refractivity contribution is 9.09. The number of rotatable bonds is 7. The van der Waals surface area contributed by atoms with Crippen molar-refractivity contribution in [2.45, 2.75) is 11.9 Å².